The van der Waals surface area contributed by atoms with Crippen molar-refractivity contribution in [3.8, 4) is 0 Å². The van der Waals surface area contributed by atoms with Gasteiger partial charge in [-0.2, -0.15) is 0 Å². The molecule has 3 aromatic carbocycles. The fraction of sp³-hybridized carbons (Fsp3) is 0.0833. The van der Waals surface area contributed by atoms with Gasteiger partial charge in [-0.25, -0.2) is 8.42 Å². The number of pyridine rings is 1. The highest BCUT2D eigenvalue weighted by molar-refractivity contribution is 9.10. The van der Waals surface area contributed by atoms with Crippen molar-refractivity contribution in [2.24, 2.45) is 0 Å². The second-order valence-electron chi connectivity index (χ2n) is 7.31. The number of carbonyl (C=O) groups excluding carboxylic acids is 1. The molecule has 4 aromatic rings. The summed E-state index contributed by atoms with van der Waals surface area (Å²) >= 11 is 3.54. The van der Waals surface area contributed by atoms with Crippen molar-refractivity contribution in [2.45, 2.75) is 23.6 Å². The highest BCUT2D eigenvalue weighted by Crippen LogP contribution is 2.31. The number of aryl methyl sites for hydroxylation is 1. The summed E-state index contributed by atoms with van der Waals surface area (Å²) in [6.07, 6.45) is 0. The van der Waals surface area contributed by atoms with E-state index in [4.69, 9.17) is 0 Å². The average Bonchev–Trinajstić information content (AvgIpc) is 2.75. The molecule has 0 saturated heterocycles. The summed E-state index contributed by atoms with van der Waals surface area (Å²) in [5.41, 5.74) is 3.92. The van der Waals surface area contributed by atoms with E-state index in [9.17, 15) is 13.2 Å². The van der Waals surface area contributed by atoms with Gasteiger partial charge in [0, 0.05) is 39.5 Å². The van der Waals surface area contributed by atoms with E-state index in [0.717, 1.165) is 32.4 Å². The van der Waals surface area contributed by atoms with Crippen LogP contribution in [-0.2, 0) is 14.6 Å². The topological polar surface area (TPSA) is 88.2 Å². The van der Waals surface area contributed by atoms with E-state index in [1.54, 1.807) is 36.4 Å². The second-order valence-corrected chi connectivity index (χ2v) is 10.1. The first kappa shape index (κ1) is 22.0. The van der Waals surface area contributed by atoms with Gasteiger partial charge in [-0.1, -0.05) is 12.1 Å². The maximum Gasteiger partial charge on any atom is 0.221 e. The zero-order valence-electron chi connectivity index (χ0n) is 17.4. The summed E-state index contributed by atoms with van der Waals surface area (Å²) in [6, 6.07) is 20.6. The number of amides is 1. The SMILES string of the molecule is CC(=O)Nc1ccc(S(=O)(=O)c2ccc(Nc3cc(C)nc4c(Br)cccc34)cc2)cc1. The van der Waals surface area contributed by atoms with Gasteiger partial charge in [0.2, 0.25) is 15.7 Å². The van der Waals surface area contributed by atoms with Crippen LogP contribution < -0.4 is 10.6 Å². The predicted octanol–water partition coefficient (Wildman–Crippen LogP) is 5.84. The molecule has 0 bridgehead atoms. The molecule has 0 spiro atoms. The Balaban J connectivity index is 1.60. The summed E-state index contributed by atoms with van der Waals surface area (Å²) in [5, 5.41) is 6.95. The maximum absolute atomic E-state index is 13.0. The fourth-order valence-corrected chi connectivity index (χ4v) is 5.09. The van der Waals surface area contributed by atoms with E-state index in [2.05, 4.69) is 31.5 Å². The minimum absolute atomic E-state index is 0.160. The molecule has 2 N–H and O–H groups in total. The third-order valence-corrected chi connectivity index (χ3v) is 7.27. The molecule has 0 atom stereocenters. The normalized spacial score (nSPS) is 11.3. The van der Waals surface area contributed by atoms with E-state index in [0.29, 0.717) is 5.69 Å². The summed E-state index contributed by atoms with van der Waals surface area (Å²) in [7, 11) is -3.68. The van der Waals surface area contributed by atoms with Crippen LogP contribution >= 0.6 is 15.9 Å². The molecule has 32 heavy (non-hydrogen) atoms. The Labute approximate surface area is 194 Å². The van der Waals surface area contributed by atoms with Crippen molar-refractivity contribution in [3.05, 3.63) is 83.0 Å². The van der Waals surface area contributed by atoms with Gasteiger partial charge in [-0.05, 0) is 83.5 Å². The zero-order chi connectivity index (χ0) is 22.9. The quantitative estimate of drug-likeness (QED) is 0.352. The number of anilines is 3. The molecule has 8 heteroatoms. The number of sulfone groups is 1. The number of rotatable bonds is 5. The van der Waals surface area contributed by atoms with E-state index in [-0.39, 0.29) is 15.7 Å². The molecule has 0 aliphatic heterocycles. The number of fused-ring (bicyclic) bond motifs is 1. The first-order valence-electron chi connectivity index (χ1n) is 9.80. The third-order valence-electron chi connectivity index (χ3n) is 4.85. The smallest absolute Gasteiger partial charge is 0.221 e. The first-order chi connectivity index (χ1) is 15.2. The Bertz CT molecular complexity index is 1420. The Kier molecular flexibility index (Phi) is 5.99. The Hall–Kier alpha value is -3.23. The highest BCUT2D eigenvalue weighted by Gasteiger charge is 2.17. The van der Waals surface area contributed by atoms with Crippen molar-refractivity contribution in [3.63, 3.8) is 0 Å². The number of hydrogen-bond acceptors (Lipinski definition) is 5. The lowest BCUT2D eigenvalue weighted by molar-refractivity contribution is -0.114. The van der Waals surface area contributed by atoms with E-state index >= 15 is 0 Å². The van der Waals surface area contributed by atoms with Gasteiger partial charge >= 0.3 is 0 Å². The molecule has 1 heterocycles. The second kappa shape index (κ2) is 8.72. The molecule has 0 saturated carbocycles. The van der Waals surface area contributed by atoms with Crippen LogP contribution in [0.3, 0.4) is 0 Å². The first-order valence-corrected chi connectivity index (χ1v) is 12.1. The zero-order valence-corrected chi connectivity index (χ0v) is 19.8. The molecule has 0 aliphatic carbocycles. The molecule has 6 nitrogen and oxygen atoms in total. The largest absolute Gasteiger partial charge is 0.355 e. The summed E-state index contributed by atoms with van der Waals surface area (Å²) in [6.45, 7) is 3.33. The number of benzene rings is 3. The molecule has 0 unspecified atom stereocenters. The minimum Gasteiger partial charge on any atom is -0.355 e. The van der Waals surface area contributed by atoms with Crippen LogP contribution in [0.1, 0.15) is 12.6 Å². The summed E-state index contributed by atoms with van der Waals surface area (Å²) < 4.78 is 26.9. The number of aromatic nitrogens is 1. The number of nitrogens with zero attached hydrogens (tertiary/aromatic N) is 1. The van der Waals surface area contributed by atoms with Gasteiger partial charge in [-0.3, -0.25) is 9.78 Å². The van der Waals surface area contributed by atoms with Crippen LogP contribution in [0.2, 0.25) is 0 Å². The Morgan fingerprint density at radius 2 is 1.50 bits per heavy atom. The van der Waals surface area contributed by atoms with Gasteiger partial charge in [0.25, 0.3) is 0 Å². The van der Waals surface area contributed by atoms with Gasteiger partial charge in [0.05, 0.1) is 15.3 Å². The maximum atomic E-state index is 13.0. The summed E-state index contributed by atoms with van der Waals surface area (Å²) in [4.78, 5) is 16.1. The van der Waals surface area contributed by atoms with Crippen LogP contribution in [0, 0.1) is 6.92 Å². The van der Waals surface area contributed by atoms with Gasteiger partial charge in [0.15, 0.2) is 0 Å². The van der Waals surface area contributed by atoms with Crippen molar-refractivity contribution < 1.29 is 13.2 Å². The number of nitrogens with one attached hydrogen (secondary N) is 2. The van der Waals surface area contributed by atoms with Crippen LogP contribution in [0.25, 0.3) is 10.9 Å². The van der Waals surface area contributed by atoms with Crippen LogP contribution in [0.15, 0.2) is 87.1 Å². The number of carbonyl (C=O) groups is 1. The van der Waals surface area contributed by atoms with Crippen LogP contribution in [-0.4, -0.2) is 19.3 Å². The van der Waals surface area contributed by atoms with Gasteiger partial charge in [0.1, 0.15) is 0 Å². The number of halogens is 1. The van der Waals surface area contributed by atoms with Crippen molar-refractivity contribution in [1.29, 1.82) is 0 Å². The Morgan fingerprint density at radius 3 is 2.09 bits per heavy atom. The monoisotopic (exact) mass is 509 g/mol. The van der Waals surface area contributed by atoms with Crippen LogP contribution in [0.4, 0.5) is 17.1 Å². The Morgan fingerprint density at radius 1 is 0.906 bits per heavy atom. The van der Waals surface area contributed by atoms with Crippen LogP contribution in [0.5, 0.6) is 0 Å². The van der Waals surface area contributed by atoms with E-state index in [1.165, 1.54) is 19.1 Å². The lowest BCUT2D eigenvalue weighted by Crippen LogP contribution is -2.06. The molecule has 0 fully saturated rings. The predicted molar refractivity (Wildman–Crippen MR) is 130 cm³/mol. The number of hydrogen-bond donors (Lipinski definition) is 2. The van der Waals surface area contributed by atoms with E-state index < -0.39 is 9.84 Å². The van der Waals surface area contributed by atoms with Crippen molar-refractivity contribution >= 4 is 59.6 Å². The molecule has 0 aliphatic rings. The standard InChI is InChI=1S/C24H20BrN3O3S/c1-15-14-23(21-4-3-5-22(25)24(21)26-15)28-18-8-12-20(13-9-18)32(30,31)19-10-6-17(7-11-19)27-16(2)29/h3-14H,1-2H3,(H,26,28)(H,27,29). The lowest BCUT2D eigenvalue weighted by atomic mass is 10.1. The molecule has 1 aromatic heterocycles. The molecule has 4 rings (SSSR count). The van der Waals surface area contributed by atoms with E-state index in [1.807, 2.05) is 31.2 Å². The molecule has 162 valence electrons. The minimum atomic E-state index is -3.68. The fourth-order valence-electron chi connectivity index (χ4n) is 3.37. The lowest BCUT2D eigenvalue weighted by Gasteiger charge is -2.12. The average molecular weight is 510 g/mol. The summed E-state index contributed by atoms with van der Waals surface area (Å²) in [5.74, 6) is -0.215. The third kappa shape index (κ3) is 4.51. The van der Waals surface area contributed by atoms with Crippen molar-refractivity contribution in [2.75, 3.05) is 10.6 Å². The van der Waals surface area contributed by atoms with Gasteiger partial charge < -0.3 is 10.6 Å². The highest BCUT2D eigenvalue weighted by atomic mass is 79.9. The van der Waals surface area contributed by atoms with Gasteiger partial charge in [-0.15, -0.1) is 0 Å². The molecular formula is C24H20BrN3O3S. The molecule has 1 amide bonds. The number of para-hydroxylation sites is 1. The van der Waals surface area contributed by atoms with Crippen molar-refractivity contribution in [1.82, 2.24) is 4.98 Å². The molecule has 0 radical (unpaired) electrons. The molecular weight excluding hydrogens is 490 g/mol.